The summed E-state index contributed by atoms with van der Waals surface area (Å²) in [6.07, 6.45) is -3.04. The minimum atomic E-state index is -5.17. The van der Waals surface area contributed by atoms with E-state index in [4.69, 9.17) is 9.47 Å². The largest absolute Gasteiger partial charge is 0.494 e. The van der Waals surface area contributed by atoms with Crippen LogP contribution in [0.5, 0.6) is 5.75 Å². The number of hydrogen-bond acceptors (Lipinski definition) is 6. The highest BCUT2D eigenvalue weighted by Gasteiger charge is 2.42. The number of unbranched alkanes of at least 4 members (excludes halogenated alkanes) is 1. The second-order valence-electron chi connectivity index (χ2n) is 7.25. The van der Waals surface area contributed by atoms with Gasteiger partial charge in [0, 0.05) is 13.2 Å². The van der Waals surface area contributed by atoms with E-state index < -0.39 is 18.1 Å². The Kier molecular flexibility index (Phi) is 11.4. The van der Waals surface area contributed by atoms with E-state index in [1.165, 1.54) is 0 Å². The maximum absolute atomic E-state index is 12.0. The number of benzene rings is 2. The average Bonchev–Trinajstić information content (AvgIpc) is 2.79. The summed E-state index contributed by atoms with van der Waals surface area (Å²) in [5.74, 6) is -2.94. The number of nitrogens with one attached hydrogen (secondary N) is 1. The van der Waals surface area contributed by atoms with Crippen molar-refractivity contribution in [1.29, 1.82) is 0 Å². The molecule has 0 aliphatic carbocycles. The Bertz CT molecular complexity index is 841. The molecule has 0 aliphatic heterocycles. The van der Waals surface area contributed by atoms with E-state index in [-0.39, 0.29) is 13.0 Å². The molecular formula is C24H28F3NO5. The molecule has 2 aromatic carbocycles. The van der Waals surface area contributed by atoms with Gasteiger partial charge in [-0.25, -0.2) is 4.79 Å². The predicted octanol–water partition coefficient (Wildman–Crippen LogP) is 4.22. The van der Waals surface area contributed by atoms with Gasteiger partial charge in [0.25, 0.3) is 0 Å². The topological polar surface area (TPSA) is 73.9 Å². The Morgan fingerprint density at radius 1 is 0.848 bits per heavy atom. The molecule has 0 unspecified atom stereocenters. The SMILES string of the molecule is O=C(CCNCCc1ccc(OCCCCOCc2ccccc2)cc1)OC(=O)C(F)(F)F. The number of esters is 2. The lowest BCUT2D eigenvalue weighted by Gasteiger charge is -2.09. The molecule has 0 radical (unpaired) electrons. The van der Waals surface area contributed by atoms with E-state index in [9.17, 15) is 22.8 Å². The Morgan fingerprint density at radius 3 is 2.24 bits per heavy atom. The van der Waals surface area contributed by atoms with Gasteiger partial charge in [-0.1, -0.05) is 42.5 Å². The zero-order chi connectivity index (χ0) is 23.9. The Hall–Kier alpha value is -2.91. The van der Waals surface area contributed by atoms with Crippen molar-refractivity contribution in [2.45, 2.75) is 38.5 Å². The van der Waals surface area contributed by atoms with Gasteiger partial charge in [0.15, 0.2) is 0 Å². The van der Waals surface area contributed by atoms with Gasteiger partial charge in [-0.15, -0.1) is 0 Å². The lowest BCUT2D eigenvalue weighted by Crippen LogP contribution is -2.29. The highest BCUT2D eigenvalue weighted by atomic mass is 19.4. The van der Waals surface area contributed by atoms with Gasteiger partial charge < -0.3 is 19.5 Å². The molecule has 0 fully saturated rings. The molecule has 0 atom stereocenters. The second-order valence-corrected chi connectivity index (χ2v) is 7.25. The zero-order valence-corrected chi connectivity index (χ0v) is 18.2. The quantitative estimate of drug-likeness (QED) is 0.255. The van der Waals surface area contributed by atoms with Gasteiger partial charge in [-0.05, 0) is 49.1 Å². The third kappa shape index (κ3) is 11.5. The van der Waals surface area contributed by atoms with E-state index in [1.807, 2.05) is 54.6 Å². The third-order valence-corrected chi connectivity index (χ3v) is 4.52. The standard InChI is InChI=1S/C24H28F3NO5/c25-24(26,27)23(30)33-22(29)13-15-28-14-12-19-8-10-21(11-9-19)32-17-5-4-16-31-18-20-6-2-1-3-7-20/h1-3,6-11,28H,4-5,12-18H2. The fourth-order valence-electron chi connectivity index (χ4n) is 2.77. The Balaban J connectivity index is 1.49. The molecule has 0 spiro atoms. The van der Waals surface area contributed by atoms with Crippen LogP contribution in [-0.2, 0) is 32.1 Å². The monoisotopic (exact) mass is 467 g/mol. The minimum absolute atomic E-state index is 0.111. The van der Waals surface area contributed by atoms with Gasteiger partial charge in [-0.2, -0.15) is 13.2 Å². The zero-order valence-electron chi connectivity index (χ0n) is 18.2. The molecule has 0 aromatic heterocycles. The van der Waals surface area contributed by atoms with Crippen LogP contribution in [0, 0.1) is 0 Å². The summed E-state index contributed by atoms with van der Waals surface area (Å²) in [7, 11) is 0. The highest BCUT2D eigenvalue weighted by Crippen LogP contribution is 2.16. The van der Waals surface area contributed by atoms with Gasteiger partial charge in [-0.3, -0.25) is 4.79 Å². The number of rotatable bonds is 14. The van der Waals surface area contributed by atoms with Crippen LogP contribution in [0.15, 0.2) is 54.6 Å². The summed E-state index contributed by atoms with van der Waals surface area (Å²) in [5, 5.41) is 2.92. The first-order valence-electron chi connectivity index (χ1n) is 10.7. The van der Waals surface area contributed by atoms with Crippen molar-refractivity contribution in [3.05, 3.63) is 65.7 Å². The smallest absolute Gasteiger partial charge is 0.491 e. The van der Waals surface area contributed by atoms with Crippen molar-refractivity contribution in [2.75, 3.05) is 26.3 Å². The molecule has 33 heavy (non-hydrogen) atoms. The van der Waals surface area contributed by atoms with E-state index in [0.717, 1.165) is 29.7 Å². The first-order valence-corrected chi connectivity index (χ1v) is 10.7. The van der Waals surface area contributed by atoms with Crippen LogP contribution >= 0.6 is 0 Å². The van der Waals surface area contributed by atoms with E-state index >= 15 is 0 Å². The molecule has 0 amide bonds. The maximum Gasteiger partial charge on any atom is 0.491 e. The van der Waals surface area contributed by atoms with Crippen LogP contribution in [-0.4, -0.2) is 44.4 Å². The third-order valence-electron chi connectivity index (χ3n) is 4.52. The molecule has 180 valence electrons. The first-order chi connectivity index (χ1) is 15.8. The van der Waals surface area contributed by atoms with Crippen LogP contribution in [0.25, 0.3) is 0 Å². The number of ether oxygens (including phenoxy) is 3. The van der Waals surface area contributed by atoms with E-state index in [0.29, 0.717) is 32.8 Å². The summed E-state index contributed by atoms with van der Waals surface area (Å²) in [6, 6.07) is 17.6. The summed E-state index contributed by atoms with van der Waals surface area (Å²) in [6.45, 7) is 2.52. The lowest BCUT2D eigenvalue weighted by molar-refractivity contribution is -0.201. The van der Waals surface area contributed by atoms with Gasteiger partial charge in [0.05, 0.1) is 19.6 Å². The van der Waals surface area contributed by atoms with Crippen LogP contribution < -0.4 is 10.1 Å². The number of carbonyl (C=O) groups is 2. The van der Waals surface area contributed by atoms with Crippen molar-refractivity contribution < 1.29 is 37.0 Å². The first kappa shape index (κ1) is 26.3. The molecule has 0 aliphatic rings. The number of carbonyl (C=O) groups excluding carboxylic acids is 2. The fourth-order valence-corrected chi connectivity index (χ4v) is 2.77. The van der Waals surface area contributed by atoms with Crippen LogP contribution in [0.1, 0.15) is 30.4 Å². The second kappa shape index (κ2) is 14.3. The molecule has 6 nitrogen and oxygen atoms in total. The molecule has 9 heteroatoms. The van der Waals surface area contributed by atoms with Gasteiger partial charge >= 0.3 is 18.1 Å². The lowest BCUT2D eigenvalue weighted by atomic mass is 10.1. The van der Waals surface area contributed by atoms with Crippen molar-refractivity contribution in [3.63, 3.8) is 0 Å². The van der Waals surface area contributed by atoms with Gasteiger partial charge in [0.2, 0.25) is 0 Å². The van der Waals surface area contributed by atoms with Crippen LogP contribution in [0.3, 0.4) is 0 Å². The van der Waals surface area contributed by atoms with Crippen LogP contribution in [0.4, 0.5) is 13.2 Å². The summed E-state index contributed by atoms with van der Waals surface area (Å²) >= 11 is 0. The van der Waals surface area contributed by atoms with Crippen LogP contribution in [0.2, 0.25) is 0 Å². The van der Waals surface area contributed by atoms with Crippen molar-refractivity contribution in [1.82, 2.24) is 5.32 Å². The number of halogens is 3. The molecule has 0 bridgehead atoms. The molecule has 0 saturated carbocycles. The summed E-state index contributed by atoms with van der Waals surface area (Å²) in [4.78, 5) is 21.7. The molecular weight excluding hydrogens is 439 g/mol. The molecule has 1 N–H and O–H groups in total. The molecule has 2 aromatic rings. The predicted molar refractivity (Wildman–Crippen MR) is 116 cm³/mol. The maximum atomic E-state index is 12.0. The molecule has 0 saturated heterocycles. The van der Waals surface area contributed by atoms with E-state index in [2.05, 4.69) is 10.1 Å². The average molecular weight is 467 g/mol. The summed E-state index contributed by atoms with van der Waals surface area (Å²) in [5.41, 5.74) is 2.20. The normalized spacial score (nSPS) is 11.2. The van der Waals surface area contributed by atoms with Crippen molar-refractivity contribution in [3.8, 4) is 5.75 Å². The number of hydrogen-bond donors (Lipinski definition) is 1. The van der Waals surface area contributed by atoms with Crippen molar-refractivity contribution in [2.24, 2.45) is 0 Å². The Morgan fingerprint density at radius 2 is 1.55 bits per heavy atom. The minimum Gasteiger partial charge on any atom is -0.494 e. The van der Waals surface area contributed by atoms with Crippen molar-refractivity contribution >= 4 is 11.9 Å². The molecule has 0 heterocycles. The highest BCUT2D eigenvalue weighted by molar-refractivity contribution is 5.88. The Labute approximate surface area is 191 Å². The van der Waals surface area contributed by atoms with Gasteiger partial charge in [0.1, 0.15) is 5.75 Å². The molecule has 2 rings (SSSR count). The van der Waals surface area contributed by atoms with E-state index in [1.54, 1.807) is 0 Å². The number of alkyl halides is 3. The summed E-state index contributed by atoms with van der Waals surface area (Å²) < 4.78 is 51.1. The fraction of sp³-hybridized carbons (Fsp3) is 0.417.